The van der Waals surface area contributed by atoms with Crippen molar-refractivity contribution in [2.75, 3.05) is 6.61 Å². The van der Waals surface area contributed by atoms with Crippen LogP contribution in [0.5, 0.6) is 0 Å². The van der Waals surface area contributed by atoms with Gasteiger partial charge in [0.25, 0.3) is 0 Å². The number of halogens is 1. The molecule has 2 N–H and O–H groups in total. The molecule has 2 aromatic rings. The summed E-state index contributed by atoms with van der Waals surface area (Å²) in [5, 5.41) is 5.35. The molecule has 1 atom stereocenters. The third-order valence-corrected chi connectivity index (χ3v) is 4.10. The molecule has 0 bridgehead atoms. The summed E-state index contributed by atoms with van der Waals surface area (Å²) in [5.41, 5.74) is 1.00. The molecule has 1 aromatic carbocycles. The van der Waals surface area contributed by atoms with E-state index in [0.29, 0.717) is 12.3 Å². The van der Waals surface area contributed by atoms with Gasteiger partial charge in [-0.15, -0.1) is 0 Å². The molecular formula is C21H26BrN3O4. The molecule has 0 aliphatic carbocycles. The lowest BCUT2D eigenvalue weighted by Crippen LogP contribution is -2.50. The molecule has 1 heterocycles. The highest BCUT2D eigenvalue weighted by Gasteiger charge is 2.24. The first kappa shape index (κ1) is 22.8. The number of ether oxygens (including phenoxy) is 2. The Morgan fingerprint density at radius 1 is 1.14 bits per heavy atom. The number of aromatic nitrogens is 1. The van der Waals surface area contributed by atoms with Gasteiger partial charge in [-0.2, -0.15) is 0 Å². The lowest BCUT2D eigenvalue weighted by molar-refractivity contribution is -0.125. The number of nitrogens with one attached hydrogen (secondary N) is 2. The zero-order valence-electron chi connectivity index (χ0n) is 16.8. The van der Waals surface area contributed by atoms with Crippen LogP contribution in [0.2, 0.25) is 0 Å². The van der Waals surface area contributed by atoms with E-state index in [9.17, 15) is 9.59 Å². The third kappa shape index (κ3) is 9.06. The van der Waals surface area contributed by atoms with Crippen molar-refractivity contribution in [2.45, 2.75) is 45.6 Å². The number of nitrogens with zero attached hydrogens (tertiary/aromatic N) is 1. The Bertz CT molecular complexity index is 792. The van der Waals surface area contributed by atoms with E-state index >= 15 is 0 Å². The smallest absolute Gasteiger partial charge is 0.408 e. The Morgan fingerprint density at radius 3 is 2.48 bits per heavy atom. The quantitative estimate of drug-likeness (QED) is 0.624. The van der Waals surface area contributed by atoms with Gasteiger partial charge >= 0.3 is 6.09 Å². The van der Waals surface area contributed by atoms with Gasteiger partial charge in [0.15, 0.2) is 0 Å². The summed E-state index contributed by atoms with van der Waals surface area (Å²) >= 11 is 3.32. The summed E-state index contributed by atoms with van der Waals surface area (Å²) in [4.78, 5) is 29.0. The van der Waals surface area contributed by atoms with Crippen molar-refractivity contribution in [3.05, 3.63) is 64.4 Å². The maximum atomic E-state index is 12.6. The average Bonchev–Trinajstić information content (AvgIpc) is 2.66. The van der Waals surface area contributed by atoms with Crippen molar-refractivity contribution >= 4 is 27.9 Å². The monoisotopic (exact) mass is 463 g/mol. The lowest BCUT2D eigenvalue weighted by Gasteiger charge is -2.23. The van der Waals surface area contributed by atoms with E-state index < -0.39 is 17.7 Å². The second kappa shape index (κ2) is 10.9. The predicted octanol–water partition coefficient (Wildman–Crippen LogP) is 3.57. The Hall–Kier alpha value is -2.45. The van der Waals surface area contributed by atoms with E-state index in [4.69, 9.17) is 9.47 Å². The fourth-order valence-electron chi connectivity index (χ4n) is 2.31. The molecule has 29 heavy (non-hydrogen) atoms. The predicted molar refractivity (Wildman–Crippen MR) is 113 cm³/mol. The molecule has 0 unspecified atom stereocenters. The SMILES string of the molecule is CC(C)(C)OC(=O)N[C@H](COCc1ccccc1)C(=O)NCc1ccc(Br)cn1. The van der Waals surface area contributed by atoms with Crippen LogP contribution in [0, 0.1) is 0 Å². The maximum Gasteiger partial charge on any atom is 0.408 e. The topological polar surface area (TPSA) is 89.5 Å². The van der Waals surface area contributed by atoms with Crippen LogP contribution in [-0.4, -0.2) is 35.2 Å². The molecule has 0 radical (unpaired) electrons. The second-order valence-electron chi connectivity index (χ2n) is 7.39. The van der Waals surface area contributed by atoms with Crippen molar-refractivity contribution in [2.24, 2.45) is 0 Å². The van der Waals surface area contributed by atoms with Crippen molar-refractivity contribution in [1.82, 2.24) is 15.6 Å². The van der Waals surface area contributed by atoms with Gasteiger partial charge in [0, 0.05) is 10.7 Å². The van der Waals surface area contributed by atoms with E-state index in [1.807, 2.05) is 36.4 Å². The number of carbonyl (C=O) groups is 2. The molecule has 0 aliphatic rings. The summed E-state index contributed by atoms with van der Waals surface area (Å²) in [6, 6.07) is 12.3. The fraction of sp³-hybridized carbons (Fsp3) is 0.381. The molecule has 0 saturated carbocycles. The van der Waals surface area contributed by atoms with Gasteiger partial charge in [0.05, 0.1) is 25.5 Å². The summed E-state index contributed by atoms with van der Waals surface area (Å²) in [6.07, 6.45) is 0.976. The molecule has 0 aliphatic heterocycles. The zero-order valence-corrected chi connectivity index (χ0v) is 18.4. The first-order valence-corrected chi connectivity index (χ1v) is 10.0. The first-order valence-electron chi connectivity index (χ1n) is 9.22. The van der Waals surface area contributed by atoms with Gasteiger partial charge in [-0.25, -0.2) is 4.79 Å². The molecule has 0 saturated heterocycles. The van der Waals surface area contributed by atoms with Gasteiger partial charge < -0.3 is 20.1 Å². The minimum absolute atomic E-state index is 0.00768. The Kier molecular flexibility index (Phi) is 8.60. The number of carbonyl (C=O) groups excluding carboxylic acids is 2. The highest BCUT2D eigenvalue weighted by Crippen LogP contribution is 2.09. The number of amides is 2. The lowest BCUT2D eigenvalue weighted by atomic mass is 10.2. The van der Waals surface area contributed by atoms with Gasteiger partial charge in [-0.05, 0) is 54.4 Å². The largest absolute Gasteiger partial charge is 0.444 e. The number of alkyl carbamates (subject to hydrolysis) is 1. The van der Waals surface area contributed by atoms with Crippen molar-refractivity contribution in [3.8, 4) is 0 Å². The Morgan fingerprint density at radius 2 is 1.86 bits per heavy atom. The summed E-state index contributed by atoms with van der Waals surface area (Å²) in [7, 11) is 0. The van der Waals surface area contributed by atoms with Crippen molar-refractivity contribution < 1.29 is 19.1 Å². The molecular weight excluding hydrogens is 438 g/mol. The van der Waals surface area contributed by atoms with Crippen molar-refractivity contribution in [3.63, 3.8) is 0 Å². The average molecular weight is 464 g/mol. The molecule has 0 spiro atoms. The Labute approximate surface area is 179 Å². The highest BCUT2D eigenvalue weighted by molar-refractivity contribution is 9.10. The van der Waals surface area contributed by atoms with Crippen LogP contribution >= 0.6 is 15.9 Å². The molecule has 8 heteroatoms. The number of benzene rings is 1. The molecule has 2 amide bonds. The van der Waals surface area contributed by atoms with Crippen LogP contribution in [0.25, 0.3) is 0 Å². The van der Waals surface area contributed by atoms with Crippen LogP contribution in [0.1, 0.15) is 32.0 Å². The van der Waals surface area contributed by atoms with Crippen LogP contribution < -0.4 is 10.6 Å². The van der Waals surface area contributed by atoms with Crippen LogP contribution in [-0.2, 0) is 27.4 Å². The molecule has 2 rings (SSSR count). The van der Waals surface area contributed by atoms with Gasteiger partial charge in [-0.1, -0.05) is 30.3 Å². The standard InChI is InChI=1S/C21H26BrN3O4/c1-21(2,3)29-20(27)25-18(14-28-13-15-7-5-4-6-8-15)19(26)24-12-17-10-9-16(22)11-23-17/h4-11,18H,12-14H2,1-3H3,(H,24,26)(H,25,27)/t18-/m1/s1. The second-order valence-corrected chi connectivity index (χ2v) is 8.30. The van der Waals surface area contributed by atoms with Crippen LogP contribution in [0.15, 0.2) is 53.1 Å². The number of hydrogen-bond acceptors (Lipinski definition) is 5. The van der Waals surface area contributed by atoms with E-state index in [-0.39, 0.29) is 19.1 Å². The number of rotatable bonds is 8. The van der Waals surface area contributed by atoms with E-state index in [0.717, 1.165) is 10.0 Å². The fourth-order valence-corrected chi connectivity index (χ4v) is 2.55. The van der Waals surface area contributed by atoms with Crippen molar-refractivity contribution in [1.29, 1.82) is 0 Å². The number of hydrogen-bond donors (Lipinski definition) is 2. The minimum Gasteiger partial charge on any atom is -0.444 e. The summed E-state index contributed by atoms with van der Waals surface area (Å²) < 4.78 is 11.8. The minimum atomic E-state index is -0.899. The van der Waals surface area contributed by atoms with E-state index in [1.54, 1.807) is 33.0 Å². The maximum absolute atomic E-state index is 12.6. The van der Waals surface area contributed by atoms with E-state index in [1.165, 1.54) is 0 Å². The normalized spacial score (nSPS) is 12.1. The van der Waals surface area contributed by atoms with Gasteiger partial charge in [0.1, 0.15) is 11.6 Å². The van der Waals surface area contributed by atoms with Crippen LogP contribution in [0.4, 0.5) is 4.79 Å². The van der Waals surface area contributed by atoms with Gasteiger partial charge in [-0.3, -0.25) is 9.78 Å². The summed E-state index contributed by atoms with van der Waals surface area (Å²) in [6.45, 7) is 5.84. The third-order valence-electron chi connectivity index (χ3n) is 3.64. The highest BCUT2D eigenvalue weighted by atomic mass is 79.9. The zero-order chi connectivity index (χ0) is 21.3. The number of pyridine rings is 1. The molecule has 1 aromatic heterocycles. The molecule has 0 fully saturated rings. The van der Waals surface area contributed by atoms with E-state index in [2.05, 4.69) is 31.5 Å². The van der Waals surface area contributed by atoms with Gasteiger partial charge in [0.2, 0.25) is 5.91 Å². The Balaban J connectivity index is 1.94. The molecule has 7 nitrogen and oxygen atoms in total. The van der Waals surface area contributed by atoms with Crippen LogP contribution in [0.3, 0.4) is 0 Å². The summed E-state index contributed by atoms with van der Waals surface area (Å²) in [5.74, 6) is -0.381. The first-order chi connectivity index (χ1) is 13.7. The molecule has 156 valence electrons.